The van der Waals surface area contributed by atoms with Crippen molar-refractivity contribution in [3.05, 3.63) is 0 Å². The smallest absolute Gasteiger partial charge is 0.236 e. The van der Waals surface area contributed by atoms with E-state index >= 15 is 0 Å². The van der Waals surface area contributed by atoms with Gasteiger partial charge in [0.05, 0.1) is 19.8 Å². The molecular formula is C13H28N2O3. The number of rotatable bonds is 11. The van der Waals surface area contributed by atoms with Crippen LogP contribution in [0.15, 0.2) is 0 Å². The summed E-state index contributed by atoms with van der Waals surface area (Å²) in [7, 11) is 3.50. The first-order chi connectivity index (χ1) is 8.59. The van der Waals surface area contributed by atoms with Crippen molar-refractivity contribution in [1.82, 2.24) is 10.2 Å². The summed E-state index contributed by atoms with van der Waals surface area (Å²) in [5.74, 6) is 0.140. The molecule has 0 rings (SSSR count). The van der Waals surface area contributed by atoms with Gasteiger partial charge >= 0.3 is 0 Å². The van der Waals surface area contributed by atoms with Crippen molar-refractivity contribution in [1.29, 1.82) is 0 Å². The highest BCUT2D eigenvalue weighted by Gasteiger charge is 2.10. The van der Waals surface area contributed by atoms with Crippen molar-refractivity contribution in [3.63, 3.8) is 0 Å². The first-order valence-electron chi connectivity index (χ1n) is 6.62. The molecule has 0 aliphatic heterocycles. The zero-order valence-electron chi connectivity index (χ0n) is 12.2. The van der Waals surface area contributed by atoms with E-state index in [0.717, 1.165) is 26.0 Å². The molecule has 0 aliphatic rings. The molecule has 0 aromatic heterocycles. The third kappa shape index (κ3) is 9.39. The van der Waals surface area contributed by atoms with E-state index in [-0.39, 0.29) is 11.9 Å². The number of nitrogens with one attached hydrogen (secondary N) is 1. The maximum Gasteiger partial charge on any atom is 0.236 e. The molecule has 0 radical (unpaired) electrons. The molecule has 0 aromatic carbocycles. The molecule has 0 saturated heterocycles. The number of carbonyl (C=O) groups is 1. The van der Waals surface area contributed by atoms with E-state index in [4.69, 9.17) is 9.47 Å². The van der Waals surface area contributed by atoms with Crippen LogP contribution in [0, 0.1) is 0 Å². The Morgan fingerprint density at radius 1 is 1.22 bits per heavy atom. The second-order valence-corrected chi connectivity index (χ2v) is 4.59. The van der Waals surface area contributed by atoms with E-state index < -0.39 is 0 Å². The van der Waals surface area contributed by atoms with Crippen molar-refractivity contribution in [3.8, 4) is 0 Å². The summed E-state index contributed by atoms with van der Waals surface area (Å²) in [5.41, 5.74) is 0. The largest absolute Gasteiger partial charge is 0.382 e. The molecule has 0 aromatic rings. The van der Waals surface area contributed by atoms with Crippen LogP contribution in [0.5, 0.6) is 0 Å². The summed E-state index contributed by atoms with van der Waals surface area (Å²) in [6.45, 7) is 7.34. The molecule has 0 fully saturated rings. The summed E-state index contributed by atoms with van der Waals surface area (Å²) in [6.07, 6.45) is 2.02. The fraction of sp³-hybridized carbons (Fsp3) is 0.923. The highest BCUT2D eigenvalue weighted by atomic mass is 16.5. The lowest BCUT2D eigenvalue weighted by molar-refractivity contribution is -0.130. The van der Waals surface area contributed by atoms with Gasteiger partial charge in [0.15, 0.2) is 0 Å². The predicted molar refractivity (Wildman–Crippen MR) is 72.7 cm³/mol. The number of amides is 1. The zero-order chi connectivity index (χ0) is 13.8. The van der Waals surface area contributed by atoms with E-state index in [1.54, 1.807) is 12.0 Å². The number of hydrogen-bond donors (Lipinski definition) is 1. The van der Waals surface area contributed by atoms with Gasteiger partial charge in [-0.25, -0.2) is 0 Å². The van der Waals surface area contributed by atoms with Crippen molar-refractivity contribution in [2.24, 2.45) is 0 Å². The van der Waals surface area contributed by atoms with Crippen molar-refractivity contribution in [2.75, 3.05) is 47.1 Å². The van der Waals surface area contributed by atoms with Crippen LogP contribution in [-0.2, 0) is 14.3 Å². The summed E-state index contributed by atoms with van der Waals surface area (Å²) < 4.78 is 10.2. The molecule has 5 heteroatoms. The summed E-state index contributed by atoms with van der Waals surface area (Å²) >= 11 is 0. The summed E-state index contributed by atoms with van der Waals surface area (Å²) in [4.78, 5) is 13.4. The lowest BCUT2D eigenvalue weighted by Crippen LogP contribution is -2.39. The monoisotopic (exact) mass is 260 g/mol. The van der Waals surface area contributed by atoms with Crippen LogP contribution < -0.4 is 5.32 Å². The molecule has 1 N–H and O–H groups in total. The van der Waals surface area contributed by atoms with Gasteiger partial charge in [0.25, 0.3) is 0 Å². The number of nitrogens with zero attached hydrogens (tertiary/aromatic N) is 1. The predicted octanol–water partition coefficient (Wildman–Crippen LogP) is 0.886. The zero-order valence-corrected chi connectivity index (χ0v) is 12.2. The van der Waals surface area contributed by atoms with E-state index in [9.17, 15) is 4.79 Å². The van der Waals surface area contributed by atoms with Gasteiger partial charge in [0, 0.05) is 26.8 Å². The average molecular weight is 260 g/mol. The summed E-state index contributed by atoms with van der Waals surface area (Å²) in [6, 6.07) is 0.258. The lowest BCUT2D eigenvalue weighted by atomic mass is 10.3. The molecule has 0 heterocycles. The second-order valence-electron chi connectivity index (χ2n) is 4.59. The number of unbranched alkanes of at least 4 members (excludes halogenated alkanes) is 1. The fourth-order valence-corrected chi connectivity index (χ4v) is 1.31. The van der Waals surface area contributed by atoms with Gasteiger partial charge in [0.2, 0.25) is 5.91 Å². The second kappa shape index (κ2) is 11.4. The SMILES string of the molecule is COCCOCCCCNCC(=O)N(C)C(C)C. The first-order valence-corrected chi connectivity index (χ1v) is 6.62. The van der Waals surface area contributed by atoms with Gasteiger partial charge in [-0.1, -0.05) is 0 Å². The van der Waals surface area contributed by atoms with Gasteiger partial charge in [-0.05, 0) is 33.2 Å². The van der Waals surface area contributed by atoms with E-state index in [2.05, 4.69) is 5.32 Å². The molecule has 0 unspecified atom stereocenters. The van der Waals surface area contributed by atoms with E-state index in [1.807, 2.05) is 20.9 Å². The maximum absolute atomic E-state index is 11.6. The third-order valence-corrected chi connectivity index (χ3v) is 2.77. The normalized spacial score (nSPS) is 10.9. The Balaban J connectivity index is 3.27. The van der Waals surface area contributed by atoms with Gasteiger partial charge in [-0.15, -0.1) is 0 Å². The number of ether oxygens (including phenoxy) is 2. The maximum atomic E-state index is 11.6. The molecule has 0 atom stereocenters. The molecule has 108 valence electrons. The minimum Gasteiger partial charge on any atom is -0.382 e. The van der Waals surface area contributed by atoms with E-state index in [0.29, 0.717) is 19.8 Å². The fourth-order valence-electron chi connectivity index (χ4n) is 1.31. The quantitative estimate of drug-likeness (QED) is 0.560. The summed E-state index contributed by atoms with van der Waals surface area (Å²) in [5, 5.41) is 3.15. The van der Waals surface area contributed by atoms with Crippen molar-refractivity contribution in [2.45, 2.75) is 32.7 Å². The van der Waals surface area contributed by atoms with Crippen LogP contribution >= 0.6 is 0 Å². The standard InChI is InChI=1S/C13H28N2O3/c1-12(2)15(3)13(16)11-14-7-5-6-8-18-10-9-17-4/h12,14H,5-11H2,1-4H3. The van der Waals surface area contributed by atoms with Crippen LogP contribution in [0.2, 0.25) is 0 Å². The van der Waals surface area contributed by atoms with Crippen LogP contribution in [0.25, 0.3) is 0 Å². The molecule has 5 nitrogen and oxygen atoms in total. The number of hydrogen-bond acceptors (Lipinski definition) is 4. The molecule has 0 saturated carbocycles. The average Bonchev–Trinajstić information content (AvgIpc) is 2.35. The van der Waals surface area contributed by atoms with Gasteiger partial charge in [0.1, 0.15) is 0 Å². The Morgan fingerprint density at radius 2 is 1.94 bits per heavy atom. The Bertz CT molecular complexity index is 210. The van der Waals surface area contributed by atoms with E-state index in [1.165, 1.54) is 0 Å². The molecule has 18 heavy (non-hydrogen) atoms. The highest BCUT2D eigenvalue weighted by molar-refractivity contribution is 5.78. The Labute approximate surface area is 111 Å². The molecular weight excluding hydrogens is 232 g/mol. The first kappa shape index (κ1) is 17.4. The van der Waals surface area contributed by atoms with Crippen molar-refractivity contribution < 1.29 is 14.3 Å². The minimum absolute atomic E-state index is 0.140. The topological polar surface area (TPSA) is 50.8 Å². The third-order valence-electron chi connectivity index (χ3n) is 2.77. The van der Waals surface area contributed by atoms with Crippen LogP contribution in [0.4, 0.5) is 0 Å². The molecule has 1 amide bonds. The lowest BCUT2D eigenvalue weighted by Gasteiger charge is -2.21. The van der Waals surface area contributed by atoms with Crippen LogP contribution in [-0.4, -0.2) is 63.9 Å². The molecule has 0 bridgehead atoms. The molecule has 0 spiro atoms. The number of likely N-dealkylation sites (N-methyl/N-ethyl adjacent to an activating group) is 1. The molecule has 0 aliphatic carbocycles. The number of methoxy groups -OCH3 is 1. The van der Waals surface area contributed by atoms with Crippen LogP contribution in [0.3, 0.4) is 0 Å². The van der Waals surface area contributed by atoms with Gasteiger partial charge in [-0.3, -0.25) is 4.79 Å². The van der Waals surface area contributed by atoms with Crippen LogP contribution in [0.1, 0.15) is 26.7 Å². The Hall–Kier alpha value is -0.650. The minimum atomic E-state index is 0.140. The van der Waals surface area contributed by atoms with Crippen molar-refractivity contribution >= 4 is 5.91 Å². The van der Waals surface area contributed by atoms with Gasteiger partial charge < -0.3 is 19.7 Å². The number of carbonyl (C=O) groups excluding carboxylic acids is 1. The van der Waals surface area contributed by atoms with Gasteiger partial charge in [-0.2, -0.15) is 0 Å². The highest BCUT2D eigenvalue weighted by Crippen LogP contribution is 1.93. The Morgan fingerprint density at radius 3 is 2.56 bits per heavy atom. The Kier molecular flexibility index (Phi) is 11.0.